The van der Waals surface area contributed by atoms with E-state index >= 15 is 0 Å². The third-order valence-electron chi connectivity index (χ3n) is 10.1. The van der Waals surface area contributed by atoms with E-state index in [2.05, 4.69) is 15.7 Å². The summed E-state index contributed by atoms with van der Waals surface area (Å²) in [5.41, 5.74) is 1.19. The maximum atomic E-state index is 13.6. The van der Waals surface area contributed by atoms with Crippen LogP contribution in [0.25, 0.3) is 0 Å². The second-order valence-electron chi connectivity index (χ2n) is 13.4. The fourth-order valence-corrected chi connectivity index (χ4v) is 8.46. The first-order valence-corrected chi connectivity index (χ1v) is 17.8. The average molecular weight is 688 g/mol. The number of carbonyl (C=O) groups excluding carboxylic acids is 2. The molecule has 2 heterocycles. The normalized spacial score (nSPS) is 28.7. The van der Waals surface area contributed by atoms with Gasteiger partial charge in [0.05, 0.1) is 30.9 Å². The number of aryl methyl sites for hydroxylation is 1. The number of anilines is 1. The van der Waals surface area contributed by atoms with Crippen LogP contribution in [0.1, 0.15) is 50.7 Å². The number of hydroxylamine groups is 2. The summed E-state index contributed by atoms with van der Waals surface area (Å²) >= 11 is 6.41. The third-order valence-corrected chi connectivity index (χ3v) is 11.6. The van der Waals surface area contributed by atoms with Gasteiger partial charge in [-0.2, -0.15) is 5.06 Å². The van der Waals surface area contributed by atoms with Crippen LogP contribution in [0.3, 0.4) is 0 Å². The predicted molar refractivity (Wildman–Crippen MR) is 176 cm³/mol. The van der Waals surface area contributed by atoms with Gasteiger partial charge in [-0.15, -0.1) is 0 Å². The van der Waals surface area contributed by atoms with E-state index in [1.54, 1.807) is 24.3 Å². The van der Waals surface area contributed by atoms with Gasteiger partial charge in [-0.3, -0.25) is 9.63 Å². The molecule has 11 nitrogen and oxygen atoms in total. The molecule has 0 saturated heterocycles. The Labute approximate surface area is 281 Å². The van der Waals surface area contributed by atoms with Crippen molar-refractivity contribution in [2.45, 2.75) is 68.0 Å². The van der Waals surface area contributed by atoms with E-state index in [1.807, 2.05) is 12.1 Å². The van der Waals surface area contributed by atoms with Crippen molar-refractivity contribution in [2.75, 3.05) is 45.4 Å². The largest absolute Gasteiger partial charge is 0.490 e. The fraction of sp³-hybridized carbons (Fsp3) is 0.529. The lowest BCUT2D eigenvalue weighted by molar-refractivity contribution is -0.139. The number of benzene rings is 2. The van der Waals surface area contributed by atoms with E-state index in [0.29, 0.717) is 36.2 Å². The van der Waals surface area contributed by atoms with Crippen molar-refractivity contribution in [2.24, 2.45) is 11.8 Å². The molecule has 1 spiro atoms. The van der Waals surface area contributed by atoms with Crippen LogP contribution < -0.4 is 14.4 Å². The SMILES string of the molecule is CON(C)C(=O)O[C@H]1/C=C\COC(C)(C)C(=O)NS(=O)(=O)c2ccc3c(c2)N(C[C@@H]2CC[C@H]21)C[C@@]1(CCCc2cc(Cl)ccc21)CO3. The number of halogens is 1. The molecular formula is C34H42ClN3O8S. The van der Waals surface area contributed by atoms with Crippen molar-refractivity contribution in [3.63, 3.8) is 0 Å². The molecule has 0 unspecified atom stereocenters. The number of carbonyl (C=O) groups is 2. The minimum absolute atomic E-state index is 0.000274. The first-order valence-electron chi connectivity index (χ1n) is 16.0. The highest BCUT2D eigenvalue weighted by atomic mass is 35.5. The van der Waals surface area contributed by atoms with Crippen LogP contribution in [0, 0.1) is 11.8 Å². The minimum Gasteiger partial charge on any atom is -0.490 e. The molecule has 2 aromatic carbocycles. The molecule has 2 aliphatic heterocycles. The molecule has 254 valence electrons. The number of nitrogens with zero attached hydrogens (tertiary/aromatic N) is 2. The van der Waals surface area contributed by atoms with Crippen molar-refractivity contribution >= 4 is 39.3 Å². The smallest absolute Gasteiger partial charge is 0.434 e. The van der Waals surface area contributed by atoms with Crippen molar-refractivity contribution in [1.29, 1.82) is 0 Å². The number of hydrogen-bond donors (Lipinski definition) is 1. The standard InChI is InChI=1S/C34H42ClN3O8S/c1-33(2)31(39)36-47(41,42)25-11-14-30-28(18-25)38(20-34(21-44-30)15-5-7-22-17-24(35)10-13-27(22)34)19-23-9-12-26(23)29(8-6-16-45-33)46-32(40)37(3)43-4/h6,8,10-11,13-14,17-18,23,26,29H,5,7,9,12,15-16,19-21H2,1-4H3,(H,36,39)/b8-6-/t23-,26+,29-,34-/m0/s1. The highest BCUT2D eigenvalue weighted by Gasteiger charge is 2.45. The Kier molecular flexibility index (Phi) is 9.25. The zero-order chi connectivity index (χ0) is 33.6. The van der Waals surface area contributed by atoms with Gasteiger partial charge in [0.25, 0.3) is 15.9 Å². The number of ether oxygens (including phenoxy) is 3. The highest BCUT2D eigenvalue weighted by Crippen LogP contribution is 2.47. The van der Waals surface area contributed by atoms with E-state index in [1.165, 1.54) is 45.2 Å². The molecule has 2 amide bonds. The summed E-state index contributed by atoms with van der Waals surface area (Å²) in [4.78, 5) is 33.3. The summed E-state index contributed by atoms with van der Waals surface area (Å²) in [7, 11) is -1.36. The average Bonchev–Trinajstić information content (AvgIpc) is 3.17. The number of amides is 2. The molecule has 0 aromatic heterocycles. The molecule has 13 heteroatoms. The van der Waals surface area contributed by atoms with Crippen molar-refractivity contribution in [3.8, 4) is 5.75 Å². The molecule has 2 aromatic rings. The predicted octanol–water partition coefficient (Wildman–Crippen LogP) is 5.01. The lowest BCUT2D eigenvalue weighted by Gasteiger charge is -2.46. The first-order chi connectivity index (χ1) is 22.3. The Morgan fingerprint density at radius 3 is 2.72 bits per heavy atom. The van der Waals surface area contributed by atoms with Crippen LogP contribution in [0.4, 0.5) is 10.5 Å². The summed E-state index contributed by atoms with van der Waals surface area (Å²) in [6.07, 6.45) is 6.80. The number of fused-ring (bicyclic) bond motifs is 4. The van der Waals surface area contributed by atoms with Gasteiger partial charge in [-0.25, -0.2) is 17.9 Å². The highest BCUT2D eigenvalue weighted by molar-refractivity contribution is 7.90. The quantitative estimate of drug-likeness (QED) is 0.343. The Balaban J connectivity index is 1.43. The van der Waals surface area contributed by atoms with Gasteiger partial charge in [-0.1, -0.05) is 23.7 Å². The molecule has 6 rings (SSSR count). The van der Waals surface area contributed by atoms with Gasteiger partial charge < -0.3 is 19.1 Å². The van der Waals surface area contributed by atoms with E-state index in [9.17, 15) is 18.0 Å². The molecule has 4 atom stereocenters. The van der Waals surface area contributed by atoms with Gasteiger partial charge in [0.1, 0.15) is 17.5 Å². The Bertz CT molecular complexity index is 1680. The monoisotopic (exact) mass is 687 g/mol. The van der Waals surface area contributed by atoms with Gasteiger partial charge in [0.15, 0.2) is 0 Å². The summed E-state index contributed by atoms with van der Waals surface area (Å²) in [6.45, 7) is 4.58. The topological polar surface area (TPSA) is 124 Å². The van der Waals surface area contributed by atoms with Crippen molar-refractivity contribution in [1.82, 2.24) is 9.79 Å². The molecule has 2 bridgehead atoms. The number of nitrogens with one attached hydrogen (secondary N) is 1. The van der Waals surface area contributed by atoms with Crippen LogP contribution in [0.15, 0.2) is 53.4 Å². The second-order valence-corrected chi connectivity index (χ2v) is 15.6. The van der Waals surface area contributed by atoms with Crippen LogP contribution >= 0.6 is 11.6 Å². The van der Waals surface area contributed by atoms with Gasteiger partial charge in [0.2, 0.25) is 0 Å². The molecule has 1 fully saturated rings. The number of sulfonamides is 1. The van der Waals surface area contributed by atoms with Gasteiger partial charge >= 0.3 is 6.09 Å². The summed E-state index contributed by atoms with van der Waals surface area (Å²) in [5.74, 6) is -0.135. The third kappa shape index (κ3) is 6.70. The second kappa shape index (κ2) is 12.9. The van der Waals surface area contributed by atoms with Gasteiger partial charge in [-0.05, 0) is 99.4 Å². The Morgan fingerprint density at radius 2 is 1.98 bits per heavy atom. The Hall–Kier alpha value is -3.32. The van der Waals surface area contributed by atoms with E-state index < -0.39 is 33.7 Å². The molecule has 0 radical (unpaired) electrons. The zero-order valence-corrected chi connectivity index (χ0v) is 28.7. The van der Waals surface area contributed by atoms with E-state index in [-0.39, 0.29) is 28.8 Å². The summed E-state index contributed by atoms with van der Waals surface area (Å²) in [6, 6.07) is 10.8. The van der Waals surface area contributed by atoms with Crippen LogP contribution in [0.5, 0.6) is 5.75 Å². The van der Waals surface area contributed by atoms with Crippen LogP contribution in [-0.4, -0.2) is 77.6 Å². The fourth-order valence-electron chi connectivity index (χ4n) is 7.15. The van der Waals surface area contributed by atoms with Crippen LogP contribution in [-0.2, 0) is 41.0 Å². The summed E-state index contributed by atoms with van der Waals surface area (Å²) in [5, 5.41) is 1.73. The zero-order valence-electron chi connectivity index (χ0n) is 27.2. The first kappa shape index (κ1) is 33.6. The molecule has 1 N–H and O–H groups in total. The van der Waals surface area contributed by atoms with E-state index in [0.717, 1.165) is 37.2 Å². The Morgan fingerprint density at radius 1 is 1.17 bits per heavy atom. The number of rotatable bonds is 2. The van der Waals surface area contributed by atoms with E-state index in [4.69, 9.17) is 30.6 Å². The molecular weight excluding hydrogens is 646 g/mol. The molecule has 1 saturated carbocycles. The molecule has 47 heavy (non-hydrogen) atoms. The van der Waals surface area contributed by atoms with Crippen LogP contribution in [0.2, 0.25) is 5.02 Å². The van der Waals surface area contributed by atoms with Crippen molar-refractivity contribution in [3.05, 3.63) is 64.7 Å². The maximum absolute atomic E-state index is 13.6. The molecule has 2 aliphatic carbocycles. The van der Waals surface area contributed by atoms with Crippen molar-refractivity contribution < 1.29 is 37.1 Å². The lowest BCUT2D eigenvalue weighted by atomic mass is 9.68. The summed E-state index contributed by atoms with van der Waals surface area (Å²) < 4.78 is 47.6. The lowest BCUT2D eigenvalue weighted by Crippen LogP contribution is -2.50. The van der Waals surface area contributed by atoms with Gasteiger partial charge in [0, 0.05) is 36.5 Å². The minimum atomic E-state index is -4.24. The molecule has 4 aliphatic rings. The number of hydrogen-bond acceptors (Lipinski definition) is 9. The maximum Gasteiger partial charge on any atom is 0.434 e.